The summed E-state index contributed by atoms with van der Waals surface area (Å²) in [6.45, 7) is 4.60. The van der Waals surface area contributed by atoms with Crippen LogP contribution in [-0.2, 0) is 13.0 Å². The summed E-state index contributed by atoms with van der Waals surface area (Å²) in [5, 5.41) is 15.2. The van der Waals surface area contributed by atoms with Crippen LogP contribution in [0.4, 0.5) is 10.6 Å². The average molecular weight is 383 g/mol. The minimum atomic E-state index is -0.158. The number of aryl methyl sites for hydroxylation is 1. The normalized spacial score (nSPS) is 15.1. The second-order valence-electron chi connectivity index (χ2n) is 7.50. The highest BCUT2D eigenvalue weighted by atomic mass is 16.3. The van der Waals surface area contributed by atoms with Gasteiger partial charge in [-0.25, -0.2) is 9.78 Å². The Balaban J connectivity index is 1.41. The van der Waals surface area contributed by atoms with Crippen molar-refractivity contribution >= 4 is 11.8 Å². The van der Waals surface area contributed by atoms with Gasteiger partial charge in [0.1, 0.15) is 11.6 Å². The lowest BCUT2D eigenvalue weighted by Crippen LogP contribution is -2.40. The van der Waals surface area contributed by atoms with Gasteiger partial charge in [0.15, 0.2) is 0 Å². The topological polar surface area (TPSA) is 77.5 Å². The number of phenols is 1. The Labute approximate surface area is 167 Å². The molecule has 0 spiro atoms. The summed E-state index contributed by atoms with van der Waals surface area (Å²) in [6.07, 6.45) is 7.24. The van der Waals surface area contributed by atoms with E-state index in [1.807, 2.05) is 31.3 Å². The minimum absolute atomic E-state index is 0.0650. The molecule has 2 amide bonds. The van der Waals surface area contributed by atoms with Gasteiger partial charge in [0.2, 0.25) is 0 Å². The predicted molar refractivity (Wildman–Crippen MR) is 112 cm³/mol. The Bertz CT molecular complexity index is 757. The van der Waals surface area contributed by atoms with Crippen LogP contribution in [0.5, 0.6) is 5.75 Å². The summed E-state index contributed by atoms with van der Waals surface area (Å²) in [6, 6.07) is 11.1. The zero-order valence-corrected chi connectivity index (χ0v) is 16.5. The van der Waals surface area contributed by atoms with Crippen LogP contribution in [0.2, 0.25) is 0 Å². The molecule has 1 aliphatic heterocycles. The highest BCUT2D eigenvalue weighted by molar-refractivity contribution is 5.74. The lowest BCUT2D eigenvalue weighted by molar-refractivity contribution is 0.237. The maximum atomic E-state index is 12.2. The van der Waals surface area contributed by atoms with Crippen LogP contribution in [0.25, 0.3) is 0 Å². The molecule has 3 rings (SSSR count). The lowest BCUT2D eigenvalue weighted by Gasteiger charge is -2.28. The van der Waals surface area contributed by atoms with E-state index in [0.717, 1.165) is 42.9 Å². The SMILES string of the molecule is CC(CCc1ccc(O)cc1)NC(=O)NCc1ccnc(N2CCCCC2)c1. The molecule has 2 aromatic rings. The van der Waals surface area contributed by atoms with Crippen molar-refractivity contribution in [3.63, 3.8) is 0 Å². The number of nitrogens with one attached hydrogen (secondary N) is 2. The molecule has 0 radical (unpaired) electrons. The number of amides is 2. The third kappa shape index (κ3) is 6.15. The van der Waals surface area contributed by atoms with Crippen LogP contribution in [0.1, 0.15) is 43.7 Å². The summed E-state index contributed by atoms with van der Waals surface area (Å²) in [7, 11) is 0. The number of nitrogens with zero attached hydrogens (tertiary/aromatic N) is 2. The molecule has 2 heterocycles. The Hall–Kier alpha value is -2.76. The first kappa shape index (κ1) is 20.0. The molecule has 1 aromatic heterocycles. The smallest absolute Gasteiger partial charge is 0.315 e. The molecule has 6 nitrogen and oxygen atoms in total. The standard InChI is InChI=1S/C22H30N4O2/c1-17(5-6-18-7-9-20(27)10-8-18)25-22(28)24-16-19-11-12-23-21(15-19)26-13-3-2-4-14-26/h7-12,15,17,27H,2-6,13-14,16H2,1H3,(H2,24,25,28). The zero-order valence-electron chi connectivity index (χ0n) is 16.5. The van der Waals surface area contributed by atoms with Crippen molar-refractivity contribution in [1.29, 1.82) is 0 Å². The highest BCUT2D eigenvalue weighted by Crippen LogP contribution is 2.18. The fourth-order valence-corrected chi connectivity index (χ4v) is 3.44. The summed E-state index contributed by atoms with van der Waals surface area (Å²) in [5.74, 6) is 1.27. The molecule has 1 atom stereocenters. The maximum absolute atomic E-state index is 12.2. The molecule has 0 bridgehead atoms. The number of aromatic nitrogens is 1. The molecule has 1 aromatic carbocycles. The third-order valence-electron chi connectivity index (χ3n) is 5.12. The fraction of sp³-hybridized carbons (Fsp3) is 0.455. The molecule has 150 valence electrons. The van der Waals surface area contributed by atoms with E-state index >= 15 is 0 Å². The van der Waals surface area contributed by atoms with Crippen LogP contribution in [0.3, 0.4) is 0 Å². The molecule has 1 fully saturated rings. The van der Waals surface area contributed by atoms with Crippen LogP contribution in [0.15, 0.2) is 42.6 Å². The van der Waals surface area contributed by atoms with E-state index in [0.29, 0.717) is 6.54 Å². The Kier molecular flexibility index (Phi) is 7.12. The number of hydrogen-bond donors (Lipinski definition) is 3. The molecule has 0 saturated carbocycles. The Morgan fingerprint density at radius 2 is 1.89 bits per heavy atom. The molecule has 6 heteroatoms. The van der Waals surface area contributed by atoms with Crippen molar-refractivity contribution in [2.45, 2.75) is 51.6 Å². The largest absolute Gasteiger partial charge is 0.508 e. The number of hydrogen-bond acceptors (Lipinski definition) is 4. The maximum Gasteiger partial charge on any atom is 0.315 e. The lowest BCUT2D eigenvalue weighted by atomic mass is 10.1. The molecular formula is C22H30N4O2. The van der Waals surface area contributed by atoms with Gasteiger partial charge in [-0.05, 0) is 74.4 Å². The van der Waals surface area contributed by atoms with E-state index < -0.39 is 0 Å². The molecule has 0 aliphatic carbocycles. The number of pyridine rings is 1. The van der Waals surface area contributed by atoms with Gasteiger partial charge >= 0.3 is 6.03 Å². The number of carbonyl (C=O) groups excluding carboxylic acids is 1. The average Bonchev–Trinajstić information content (AvgIpc) is 2.73. The Morgan fingerprint density at radius 3 is 2.64 bits per heavy atom. The van der Waals surface area contributed by atoms with Crippen molar-refractivity contribution in [1.82, 2.24) is 15.6 Å². The number of phenolic OH excluding ortho intramolecular Hbond substituents is 1. The molecule has 3 N–H and O–H groups in total. The van der Waals surface area contributed by atoms with Crippen molar-refractivity contribution in [3.05, 3.63) is 53.7 Å². The van der Waals surface area contributed by atoms with Crippen LogP contribution in [0, 0.1) is 0 Å². The van der Waals surface area contributed by atoms with Crippen molar-refractivity contribution in [3.8, 4) is 5.75 Å². The number of aromatic hydroxyl groups is 1. The van der Waals surface area contributed by atoms with Gasteiger partial charge in [0.25, 0.3) is 0 Å². The number of rotatable bonds is 7. The van der Waals surface area contributed by atoms with Gasteiger partial charge in [0.05, 0.1) is 0 Å². The minimum Gasteiger partial charge on any atom is -0.508 e. The van der Waals surface area contributed by atoms with Gasteiger partial charge in [-0.2, -0.15) is 0 Å². The van der Waals surface area contributed by atoms with Gasteiger partial charge in [0, 0.05) is 31.9 Å². The summed E-state index contributed by atoms with van der Waals surface area (Å²) in [5.41, 5.74) is 2.20. The number of benzene rings is 1. The second-order valence-corrected chi connectivity index (χ2v) is 7.50. The first-order valence-corrected chi connectivity index (χ1v) is 10.1. The van der Waals surface area contributed by atoms with Crippen LogP contribution in [-0.4, -0.2) is 35.3 Å². The Morgan fingerprint density at radius 1 is 1.14 bits per heavy atom. The van der Waals surface area contributed by atoms with Crippen molar-refractivity contribution in [2.75, 3.05) is 18.0 Å². The highest BCUT2D eigenvalue weighted by Gasteiger charge is 2.13. The van der Waals surface area contributed by atoms with E-state index in [-0.39, 0.29) is 17.8 Å². The quantitative estimate of drug-likeness (QED) is 0.684. The third-order valence-corrected chi connectivity index (χ3v) is 5.12. The monoisotopic (exact) mass is 382 g/mol. The fourth-order valence-electron chi connectivity index (χ4n) is 3.44. The van der Waals surface area contributed by atoms with Crippen LogP contribution < -0.4 is 15.5 Å². The zero-order chi connectivity index (χ0) is 19.8. The molecule has 1 saturated heterocycles. The van der Waals surface area contributed by atoms with Crippen LogP contribution >= 0.6 is 0 Å². The van der Waals surface area contributed by atoms with E-state index in [9.17, 15) is 9.90 Å². The van der Waals surface area contributed by atoms with Crippen molar-refractivity contribution in [2.24, 2.45) is 0 Å². The van der Waals surface area contributed by atoms with E-state index in [2.05, 4.69) is 26.6 Å². The van der Waals surface area contributed by atoms with E-state index in [4.69, 9.17) is 0 Å². The van der Waals surface area contributed by atoms with Gasteiger partial charge in [-0.15, -0.1) is 0 Å². The molecular weight excluding hydrogens is 352 g/mol. The first-order valence-electron chi connectivity index (χ1n) is 10.1. The molecule has 28 heavy (non-hydrogen) atoms. The number of anilines is 1. The summed E-state index contributed by atoms with van der Waals surface area (Å²) in [4.78, 5) is 19.0. The molecule has 1 aliphatic rings. The van der Waals surface area contributed by atoms with Gasteiger partial charge < -0.3 is 20.6 Å². The van der Waals surface area contributed by atoms with Gasteiger partial charge in [-0.1, -0.05) is 12.1 Å². The molecule has 1 unspecified atom stereocenters. The first-order chi connectivity index (χ1) is 13.6. The summed E-state index contributed by atoms with van der Waals surface area (Å²) < 4.78 is 0. The number of piperidine rings is 1. The second kappa shape index (κ2) is 9.97. The van der Waals surface area contributed by atoms with E-state index in [1.165, 1.54) is 19.3 Å². The van der Waals surface area contributed by atoms with E-state index in [1.54, 1.807) is 12.1 Å². The van der Waals surface area contributed by atoms with Crippen molar-refractivity contribution < 1.29 is 9.90 Å². The summed E-state index contributed by atoms with van der Waals surface area (Å²) >= 11 is 0. The predicted octanol–water partition coefficient (Wildman–Crippen LogP) is 3.60. The number of urea groups is 1. The van der Waals surface area contributed by atoms with Gasteiger partial charge in [-0.3, -0.25) is 0 Å². The number of carbonyl (C=O) groups is 1.